The summed E-state index contributed by atoms with van der Waals surface area (Å²) < 4.78 is 6.81. The van der Waals surface area contributed by atoms with Gasteiger partial charge < -0.3 is 4.52 Å². The van der Waals surface area contributed by atoms with Crippen molar-refractivity contribution in [3.63, 3.8) is 0 Å². The molecule has 0 spiro atoms. The van der Waals surface area contributed by atoms with Crippen molar-refractivity contribution in [3.8, 4) is 10.6 Å². The van der Waals surface area contributed by atoms with Crippen LogP contribution in [0.1, 0.15) is 29.5 Å². The van der Waals surface area contributed by atoms with E-state index in [1.54, 1.807) is 11.3 Å². The minimum Gasteiger partial charge on any atom is -0.355 e. The highest BCUT2D eigenvalue weighted by Crippen LogP contribution is 2.33. The molecule has 0 radical (unpaired) electrons. The number of hydrogen-bond acceptors (Lipinski definition) is 6. The first-order chi connectivity index (χ1) is 12.8. The van der Waals surface area contributed by atoms with Gasteiger partial charge in [0, 0.05) is 25.1 Å². The third kappa shape index (κ3) is 3.20. The van der Waals surface area contributed by atoms with E-state index in [1.165, 1.54) is 22.5 Å². The third-order valence-electron chi connectivity index (χ3n) is 4.87. The number of likely N-dealkylation sites (tertiary alicyclic amines) is 1. The van der Waals surface area contributed by atoms with Crippen LogP contribution in [-0.2, 0) is 6.54 Å². The number of piperidine rings is 1. The summed E-state index contributed by atoms with van der Waals surface area (Å²) >= 11 is 3.52. The number of fused-ring (bicyclic) bond motifs is 1. The van der Waals surface area contributed by atoms with Gasteiger partial charge in [-0.25, -0.2) is 4.98 Å². The van der Waals surface area contributed by atoms with E-state index >= 15 is 0 Å². The maximum atomic E-state index is 5.53. The predicted octanol–water partition coefficient (Wildman–Crippen LogP) is 5.39. The Labute approximate surface area is 160 Å². The van der Waals surface area contributed by atoms with Gasteiger partial charge in [0.05, 0.1) is 25.8 Å². The van der Waals surface area contributed by atoms with Crippen LogP contribution in [0.4, 0.5) is 0 Å². The molecule has 1 aromatic carbocycles. The molecule has 3 aromatic heterocycles. The molecule has 1 fully saturated rings. The highest BCUT2D eigenvalue weighted by Gasteiger charge is 2.25. The van der Waals surface area contributed by atoms with Crippen molar-refractivity contribution >= 4 is 32.9 Å². The number of thiazole rings is 1. The van der Waals surface area contributed by atoms with Gasteiger partial charge in [0.25, 0.3) is 0 Å². The van der Waals surface area contributed by atoms with Crippen molar-refractivity contribution in [1.29, 1.82) is 0 Å². The van der Waals surface area contributed by atoms with Crippen LogP contribution in [0.25, 0.3) is 20.9 Å². The van der Waals surface area contributed by atoms with E-state index in [1.807, 2.05) is 17.4 Å². The van der Waals surface area contributed by atoms with Crippen molar-refractivity contribution in [3.05, 3.63) is 58.5 Å². The lowest BCUT2D eigenvalue weighted by Gasteiger charge is -2.31. The number of hydrogen-bond donors (Lipinski definition) is 0. The Morgan fingerprint density at radius 2 is 2.15 bits per heavy atom. The van der Waals surface area contributed by atoms with Gasteiger partial charge in [-0.3, -0.25) is 4.90 Å². The van der Waals surface area contributed by atoms with Gasteiger partial charge in [0.2, 0.25) is 0 Å². The van der Waals surface area contributed by atoms with Crippen molar-refractivity contribution in [2.75, 3.05) is 13.1 Å². The van der Waals surface area contributed by atoms with Crippen molar-refractivity contribution < 1.29 is 4.52 Å². The average molecular weight is 382 g/mol. The van der Waals surface area contributed by atoms with Crippen molar-refractivity contribution in [2.24, 2.45) is 0 Å². The standard InChI is InChI=1S/C20H19N3OS2/c1-2-7-18-16(6-1)21-20(26-18)14-5-3-9-23(12-14)13-15-11-17(24-22-15)19-8-4-10-25-19/h1-2,4,6-8,10-11,14H,3,5,9,12-13H2/t14-/m1/s1. The Hall–Kier alpha value is -2.02. The first kappa shape index (κ1) is 16.2. The maximum Gasteiger partial charge on any atom is 0.177 e. The Bertz CT molecular complexity index is 972. The normalized spacial score (nSPS) is 18.5. The maximum absolute atomic E-state index is 5.53. The molecule has 4 heterocycles. The van der Waals surface area contributed by atoms with Gasteiger partial charge in [0.15, 0.2) is 5.76 Å². The zero-order chi connectivity index (χ0) is 17.3. The van der Waals surface area contributed by atoms with Crippen LogP contribution in [0, 0.1) is 0 Å². The number of aromatic nitrogens is 2. The summed E-state index contributed by atoms with van der Waals surface area (Å²) in [4.78, 5) is 8.49. The molecule has 4 nitrogen and oxygen atoms in total. The van der Waals surface area contributed by atoms with Crippen LogP contribution in [0.5, 0.6) is 0 Å². The Morgan fingerprint density at radius 3 is 3.04 bits per heavy atom. The molecule has 26 heavy (non-hydrogen) atoms. The molecule has 0 bridgehead atoms. The summed E-state index contributed by atoms with van der Waals surface area (Å²) in [7, 11) is 0. The number of rotatable bonds is 4. The van der Waals surface area contributed by atoms with E-state index in [0.717, 1.165) is 41.5 Å². The molecular formula is C20H19N3OS2. The Kier molecular flexibility index (Phi) is 4.32. The Morgan fingerprint density at radius 1 is 1.19 bits per heavy atom. The molecule has 1 aliphatic heterocycles. The second-order valence-electron chi connectivity index (χ2n) is 6.75. The first-order valence-corrected chi connectivity index (χ1v) is 10.6. The van der Waals surface area contributed by atoms with Crippen LogP contribution in [0.15, 0.2) is 52.4 Å². The van der Waals surface area contributed by atoms with Gasteiger partial charge in [-0.15, -0.1) is 22.7 Å². The fraction of sp³-hybridized carbons (Fsp3) is 0.300. The molecular weight excluding hydrogens is 362 g/mol. The molecule has 0 aliphatic carbocycles. The topological polar surface area (TPSA) is 42.2 Å². The lowest BCUT2D eigenvalue weighted by molar-refractivity contribution is 0.195. The minimum atomic E-state index is 0.518. The SMILES string of the molecule is c1csc(-c2cc(CN3CCC[C@@H](c4nc5ccccc5s4)C3)no2)c1. The van der Waals surface area contributed by atoms with Crippen LogP contribution in [0.2, 0.25) is 0 Å². The third-order valence-corrected chi connectivity index (χ3v) is 6.96. The summed E-state index contributed by atoms with van der Waals surface area (Å²) in [5.41, 5.74) is 2.14. The summed E-state index contributed by atoms with van der Waals surface area (Å²) in [5.74, 6) is 1.39. The number of nitrogens with zero attached hydrogens (tertiary/aromatic N) is 3. The molecule has 6 heteroatoms. The van der Waals surface area contributed by atoms with E-state index < -0.39 is 0 Å². The molecule has 5 rings (SSSR count). The fourth-order valence-corrected chi connectivity index (χ4v) is 5.38. The van der Waals surface area contributed by atoms with Crippen LogP contribution >= 0.6 is 22.7 Å². The average Bonchev–Trinajstić information content (AvgIpc) is 3.41. The number of thiophene rings is 1. The minimum absolute atomic E-state index is 0.518. The molecule has 0 unspecified atom stereocenters. The van der Waals surface area contributed by atoms with E-state index in [2.05, 4.69) is 51.8 Å². The molecule has 132 valence electrons. The fourth-order valence-electron chi connectivity index (χ4n) is 3.62. The summed E-state index contributed by atoms with van der Waals surface area (Å²) in [5, 5.41) is 7.61. The van der Waals surface area contributed by atoms with Gasteiger partial charge in [0.1, 0.15) is 0 Å². The zero-order valence-corrected chi connectivity index (χ0v) is 15.9. The summed E-state index contributed by atoms with van der Waals surface area (Å²) in [6.07, 6.45) is 2.42. The van der Waals surface area contributed by atoms with Gasteiger partial charge in [-0.1, -0.05) is 23.4 Å². The predicted molar refractivity (Wildman–Crippen MR) is 107 cm³/mol. The van der Waals surface area contributed by atoms with E-state index in [-0.39, 0.29) is 0 Å². The molecule has 1 aliphatic rings. The van der Waals surface area contributed by atoms with Crippen molar-refractivity contribution in [1.82, 2.24) is 15.0 Å². The highest BCUT2D eigenvalue weighted by molar-refractivity contribution is 7.18. The number of benzene rings is 1. The molecule has 0 amide bonds. The van der Waals surface area contributed by atoms with Gasteiger partial charge in [-0.05, 0) is 43.0 Å². The van der Waals surface area contributed by atoms with Crippen LogP contribution in [-0.4, -0.2) is 28.1 Å². The highest BCUT2D eigenvalue weighted by atomic mass is 32.1. The second-order valence-corrected chi connectivity index (χ2v) is 8.76. The lowest BCUT2D eigenvalue weighted by Crippen LogP contribution is -2.33. The largest absolute Gasteiger partial charge is 0.355 e. The van der Waals surface area contributed by atoms with Gasteiger partial charge in [-0.2, -0.15) is 0 Å². The van der Waals surface area contributed by atoms with Crippen molar-refractivity contribution in [2.45, 2.75) is 25.3 Å². The molecule has 0 saturated carbocycles. The zero-order valence-electron chi connectivity index (χ0n) is 14.3. The molecule has 1 saturated heterocycles. The number of para-hydroxylation sites is 1. The van der Waals surface area contributed by atoms with Crippen LogP contribution < -0.4 is 0 Å². The molecule has 4 aromatic rings. The lowest BCUT2D eigenvalue weighted by atomic mass is 9.98. The van der Waals surface area contributed by atoms with Gasteiger partial charge >= 0.3 is 0 Å². The van der Waals surface area contributed by atoms with E-state index in [4.69, 9.17) is 9.51 Å². The Balaban J connectivity index is 1.30. The first-order valence-electron chi connectivity index (χ1n) is 8.92. The smallest absolute Gasteiger partial charge is 0.177 e. The summed E-state index contributed by atoms with van der Waals surface area (Å²) in [6, 6.07) is 14.6. The van der Waals surface area contributed by atoms with E-state index in [9.17, 15) is 0 Å². The second kappa shape index (κ2) is 6.95. The summed E-state index contributed by atoms with van der Waals surface area (Å²) in [6.45, 7) is 3.00. The molecule has 1 atom stereocenters. The monoisotopic (exact) mass is 381 g/mol. The van der Waals surface area contributed by atoms with Crippen LogP contribution in [0.3, 0.4) is 0 Å². The quantitative estimate of drug-likeness (QED) is 0.475. The molecule has 0 N–H and O–H groups in total. The van der Waals surface area contributed by atoms with E-state index in [0.29, 0.717) is 5.92 Å².